The van der Waals surface area contributed by atoms with Crippen LogP contribution in [0.5, 0.6) is 0 Å². The van der Waals surface area contributed by atoms with Crippen molar-refractivity contribution in [2.75, 3.05) is 16.0 Å². The lowest BCUT2D eigenvalue weighted by Gasteiger charge is -2.10. The van der Waals surface area contributed by atoms with E-state index in [2.05, 4.69) is 16.0 Å². The van der Waals surface area contributed by atoms with Gasteiger partial charge in [0, 0.05) is 22.6 Å². The number of amides is 3. The molecule has 0 radical (unpaired) electrons. The Balaban J connectivity index is 1.61. The van der Waals surface area contributed by atoms with E-state index in [-0.39, 0.29) is 11.9 Å². The minimum absolute atomic E-state index is 0.192. The molecule has 0 aromatic heterocycles. The van der Waals surface area contributed by atoms with Crippen LogP contribution in [-0.4, -0.2) is 11.9 Å². The number of rotatable bonds is 4. The Bertz CT molecular complexity index is 951. The van der Waals surface area contributed by atoms with Crippen LogP contribution in [0.1, 0.15) is 21.5 Å². The van der Waals surface area contributed by atoms with Crippen molar-refractivity contribution in [3.05, 3.63) is 89.5 Å². The Kier molecular flexibility index (Phi) is 5.52. The van der Waals surface area contributed by atoms with Crippen molar-refractivity contribution in [3.63, 3.8) is 0 Å². The van der Waals surface area contributed by atoms with Gasteiger partial charge in [-0.2, -0.15) is 0 Å². The van der Waals surface area contributed by atoms with E-state index in [4.69, 9.17) is 0 Å². The van der Waals surface area contributed by atoms with E-state index in [1.54, 1.807) is 36.4 Å². The van der Waals surface area contributed by atoms with Gasteiger partial charge in [0.25, 0.3) is 5.91 Å². The Labute approximate surface area is 158 Å². The summed E-state index contributed by atoms with van der Waals surface area (Å²) in [4.78, 5) is 24.4. The standard InChI is InChI=1S/C22H21N3O2/c1-15-8-13-20(16(2)14-15)25-21(26)17-9-11-19(12-10-17)24-22(27)23-18-6-4-3-5-7-18/h3-14H,1-2H3,(H,25,26)(H2,23,24,27). The molecule has 0 atom stereocenters. The van der Waals surface area contributed by atoms with E-state index < -0.39 is 0 Å². The average molecular weight is 359 g/mol. The number of benzene rings is 3. The molecule has 3 aromatic rings. The molecule has 0 saturated heterocycles. The molecule has 0 heterocycles. The van der Waals surface area contributed by atoms with Gasteiger partial charge in [-0.1, -0.05) is 35.9 Å². The van der Waals surface area contributed by atoms with E-state index in [0.717, 1.165) is 16.8 Å². The molecule has 0 saturated carbocycles. The van der Waals surface area contributed by atoms with Crippen LogP contribution in [0.15, 0.2) is 72.8 Å². The Morgan fingerprint density at radius 2 is 1.33 bits per heavy atom. The Morgan fingerprint density at radius 3 is 1.96 bits per heavy atom. The molecule has 136 valence electrons. The topological polar surface area (TPSA) is 70.2 Å². The fraction of sp³-hybridized carbons (Fsp3) is 0.0909. The van der Waals surface area contributed by atoms with Crippen LogP contribution < -0.4 is 16.0 Å². The maximum atomic E-state index is 12.4. The van der Waals surface area contributed by atoms with Gasteiger partial charge in [0.05, 0.1) is 0 Å². The molecule has 3 N–H and O–H groups in total. The predicted molar refractivity (Wildman–Crippen MR) is 109 cm³/mol. The van der Waals surface area contributed by atoms with Crippen molar-refractivity contribution >= 4 is 29.0 Å². The van der Waals surface area contributed by atoms with E-state index in [0.29, 0.717) is 16.9 Å². The van der Waals surface area contributed by atoms with Crippen molar-refractivity contribution in [2.24, 2.45) is 0 Å². The first-order chi connectivity index (χ1) is 13.0. The third kappa shape index (κ3) is 4.95. The minimum atomic E-state index is -0.339. The van der Waals surface area contributed by atoms with Crippen molar-refractivity contribution in [1.29, 1.82) is 0 Å². The van der Waals surface area contributed by atoms with Crippen molar-refractivity contribution in [2.45, 2.75) is 13.8 Å². The normalized spacial score (nSPS) is 10.1. The third-order valence-corrected chi connectivity index (χ3v) is 4.07. The molecule has 0 aliphatic rings. The lowest BCUT2D eigenvalue weighted by molar-refractivity contribution is 0.102. The van der Waals surface area contributed by atoms with E-state index in [9.17, 15) is 9.59 Å². The summed E-state index contributed by atoms with van der Waals surface area (Å²) in [7, 11) is 0. The number of nitrogens with one attached hydrogen (secondary N) is 3. The number of urea groups is 1. The van der Waals surface area contributed by atoms with Gasteiger partial charge in [0.1, 0.15) is 0 Å². The second-order valence-corrected chi connectivity index (χ2v) is 6.29. The summed E-state index contributed by atoms with van der Waals surface area (Å²) in [5, 5.41) is 8.39. The number of carbonyl (C=O) groups is 2. The van der Waals surface area contributed by atoms with Crippen LogP contribution in [0, 0.1) is 13.8 Å². The third-order valence-electron chi connectivity index (χ3n) is 4.07. The predicted octanol–water partition coefficient (Wildman–Crippen LogP) is 5.20. The first-order valence-electron chi connectivity index (χ1n) is 8.63. The largest absolute Gasteiger partial charge is 0.323 e. The fourth-order valence-electron chi connectivity index (χ4n) is 2.67. The second kappa shape index (κ2) is 8.19. The number of hydrogen-bond donors (Lipinski definition) is 3. The molecule has 0 aliphatic heterocycles. The summed E-state index contributed by atoms with van der Waals surface area (Å²) >= 11 is 0. The molecule has 0 fully saturated rings. The Morgan fingerprint density at radius 1 is 0.704 bits per heavy atom. The van der Waals surface area contributed by atoms with Gasteiger partial charge in [-0.25, -0.2) is 4.79 Å². The highest BCUT2D eigenvalue weighted by molar-refractivity contribution is 6.05. The molecule has 3 rings (SSSR count). The van der Waals surface area contributed by atoms with E-state index >= 15 is 0 Å². The summed E-state index contributed by atoms with van der Waals surface area (Å²) in [6, 6.07) is 21.5. The molecular weight excluding hydrogens is 338 g/mol. The molecule has 0 bridgehead atoms. The van der Waals surface area contributed by atoms with Gasteiger partial charge < -0.3 is 16.0 Å². The zero-order valence-electron chi connectivity index (χ0n) is 15.2. The monoisotopic (exact) mass is 359 g/mol. The van der Waals surface area contributed by atoms with Gasteiger partial charge in [0.2, 0.25) is 0 Å². The number of aryl methyl sites for hydroxylation is 2. The van der Waals surface area contributed by atoms with Crippen molar-refractivity contribution in [3.8, 4) is 0 Å². The van der Waals surface area contributed by atoms with E-state index in [1.807, 2.05) is 50.2 Å². The minimum Gasteiger partial charge on any atom is -0.322 e. The smallest absolute Gasteiger partial charge is 0.322 e. The number of carbonyl (C=O) groups excluding carboxylic acids is 2. The zero-order valence-corrected chi connectivity index (χ0v) is 15.2. The zero-order chi connectivity index (χ0) is 19.2. The lowest BCUT2D eigenvalue weighted by atomic mass is 10.1. The van der Waals surface area contributed by atoms with Crippen LogP contribution in [0.4, 0.5) is 21.9 Å². The summed E-state index contributed by atoms with van der Waals surface area (Å²) in [5.74, 6) is -0.192. The first-order valence-corrected chi connectivity index (χ1v) is 8.63. The van der Waals surface area contributed by atoms with Crippen LogP contribution >= 0.6 is 0 Å². The molecule has 0 aliphatic carbocycles. The molecule has 3 amide bonds. The highest BCUT2D eigenvalue weighted by Gasteiger charge is 2.09. The first kappa shape index (κ1) is 18.2. The number of para-hydroxylation sites is 1. The van der Waals surface area contributed by atoms with Crippen LogP contribution in [0.2, 0.25) is 0 Å². The van der Waals surface area contributed by atoms with Gasteiger partial charge in [-0.05, 0) is 61.9 Å². The molecule has 0 spiro atoms. The van der Waals surface area contributed by atoms with Gasteiger partial charge >= 0.3 is 6.03 Å². The fourth-order valence-corrected chi connectivity index (χ4v) is 2.67. The van der Waals surface area contributed by atoms with Gasteiger partial charge in [-0.15, -0.1) is 0 Å². The molecule has 5 heteroatoms. The summed E-state index contributed by atoms with van der Waals surface area (Å²) < 4.78 is 0. The highest BCUT2D eigenvalue weighted by Crippen LogP contribution is 2.18. The Hall–Kier alpha value is -3.60. The number of anilines is 3. The molecular formula is C22H21N3O2. The van der Waals surface area contributed by atoms with Crippen molar-refractivity contribution in [1.82, 2.24) is 0 Å². The number of hydrogen-bond acceptors (Lipinski definition) is 2. The molecule has 0 unspecified atom stereocenters. The summed E-state index contributed by atoms with van der Waals surface area (Å²) in [6.07, 6.45) is 0. The van der Waals surface area contributed by atoms with Crippen LogP contribution in [0.25, 0.3) is 0 Å². The maximum absolute atomic E-state index is 12.4. The maximum Gasteiger partial charge on any atom is 0.323 e. The summed E-state index contributed by atoms with van der Waals surface area (Å²) in [5.41, 5.74) is 4.78. The average Bonchev–Trinajstić information content (AvgIpc) is 2.65. The molecule has 5 nitrogen and oxygen atoms in total. The lowest BCUT2D eigenvalue weighted by Crippen LogP contribution is -2.19. The van der Waals surface area contributed by atoms with Crippen LogP contribution in [-0.2, 0) is 0 Å². The highest BCUT2D eigenvalue weighted by atomic mass is 16.2. The SMILES string of the molecule is Cc1ccc(NC(=O)c2ccc(NC(=O)Nc3ccccc3)cc2)c(C)c1. The molecule has 3 aromatic carbocycles. The van der Waals surface area contributed by atoms with E-state index in [1.165, 1.54) is 0 Å². The second-order valence-electron chi connectivity index (χ2n) is 6.29. The molecule has 27 heavy (non-hydrogen) atoms. The summed E-state index contributed by atoms with van der Waals surface area (Å²) in [6.45, 7) is 3.97. The quantitative estimate of drug-likeness (QED) is 0.599. The van der Waals surface area contributed by atoms with Gasteiger partial charge in [-0.3, -0.25) is 4.79 Å². The van der Waals surface area contributed by atoms with Crippen molar-refractivity contribution < 1.29 is 9.59 Å². The van der Waals surface area contributed by atoms with Crippen LogP contribution in [0.3, 0.4) is 0 Å². The van der Waals surface area contributed by atoms with Gasteiger partial charge in [0.15, 0.2) is 0 Å².